The summed E-state index contributed by atoms with van der Waals surface area (Å²) in [4.78, 5) is 18.1. The van der Waals surface area contributed by atoms with Crippen LogP contribution in [-0.4, -0.2) is 49.5 Å². The molecule has 0 spiro atoms. The summed E-state index contributed by atoms with van der Waals surface area (Å²) in [5.41, 5.74) is 0.996. The monoisotopic (exact) mass is 585 g/mol. The van der Waals surface area contributed by atoms with Gasteiger partial charge in [-0.15, -0.1) is 18.3 Å². The lowest BCUT2D eigenvalue weighted by molar-refractivity contribution is -0.274. The molecule has 0 radical (unpaired) electrons. The van der Waals surface area contributed by atoms with E-state index in [0.29, 0.717) is 11.1 Å². The van der Waals surface area contributed by atoms with E-state index >= 15 is 0 Å². The molecule has 0 saturated heterocycles. The Bertz CT molecular complexity index is 1710. The van der Waals surface area contributed by atoms with E-state index in [9.17, 15) is 23.1 Å². The Kier molecular flexibility index (Phi) is 7.72. The molecule has 41 heavy (non-hydrogen) atoms. The van der Waals surface area contributed by atoms with Crippen LogP contribution in [0.1, 0.15) is 27.3 Å². The van der Waals surface area contributed by atoms with Crippen molar-refractivity contribution < 1.29 is 37.1 Å². The number of carbonyl (C=O) groups is 1. The highest BCUT2D eigenvalue weighted by Crippen LogP contribution is 2.35. The van der Waals surface area contributed by atoms with Crippen molar-refractivity contribution >= 4 is 17.4 Å². The number of benzene rings is 2. The highest BCUT2D eigenvalue weighted by Gasteiger charge is 2.33. The normalized spacial score (nSPS) is 11.5. The molecule has 210 valence electrons. The molecule has 5 rings (SSSR count). The number of aliphatic hydroxyl groups excluding tert-OH is 1. The van der Waals surface area contributed by atoms with Crippen molar-refractivity contribution in [3.8, 4) is 34.1 Å². The smallest absolute Gasteiger partial charge is 0.496 e. The summed E-state index contributed by atoms with van der Waals surface area (Å²) in [6.07, 6.45) is -1.90. The third kappa shape index (κ3) is 5.76. The highest BCUT2D eigenvalue weighted by atomic mass is 35.5. The number of pyridine rings is 1. The standard InChI is InChI=1S/C27H19ClF3N5O5/c1-39-21-9-8-17(40-27(29,30)31)11-16(21)13-36-24(15-5-4-10-32-12-15)23(33-35-36)25(38)22-20(14-37)34-41-26(22)18-6-2-3-7-19(18)28/h2-12,37H,13-14H2,1H3. The first-order valence-electron chi connectivity index (χ1n) is 11.9. The molecule has 0 bridgehead atoms. The molecule has 2 aromatic carbocycles. The fourth-order valence-electron chi connectivity index (χ4n) is 4.21. The van der Waals surface area contributed by atoms with Gasteiger partial charge in [0.15, 0.2) is 11.5 Å². The number of aliphatic hydroxyl groups is 1. The van der Waals surface area contributed by atoms with Crippen LogP contribution in [0.25, 0.3) is 22.6 Å². The van der Waals surface area contributed by atoms with Crippen molar-refractivity contribution in [1.29, 1.82) is 0 Å². The van der Waals surface area contributed by atoms with Crippen molar-refractivity contribution in [2.75, 3.05) is 7.11 Å². The van der Waals surface area contributed by atoms with Crippen LogP contribution in [0.15, 0.2) is 71.5 Å². The number of ether oxygens (including phenoxy) is 2. The number of nitrogens with zero attached hydrogens (tertiary/aromatic N) is 5. The maximum atomic E-state index is 14.0. The van der Waals surface area contributed by atoms with E-state index in [1.807, 2.05) is 0 Å². The topological polar surface area (TPSA) is 125 Å². The van der Waals surface area contributed by atoms with Crippen molar-refractivity contribution in [1.82, 2.24) is 25.1 Å². The van der Waals surface area contributed by atoms with E-state index in [2.05, 4.69) is 25.2 Å². The van der Waals surface area contributed by atoms with Gasteiger partial charge in [-0.25, -0.2) is 4.68 Å². The summed E-state index contributed by atoms with van der Waals surface area (Å²) in [5, 5.41) is 22.3. The van der Waals surface area contributed by atoms with E-state index in [-0.39, 0.29) is 51.3 Å². The maximum Gasteiger partial charge on any atom is 0.573 e. The second-order valence-corrected chi connectivity index (χ2v) is 8.92. The average Bonchev–Trinajstić information content (AvgIpc) is 3.57. The summed E-state index contributed by atoms with van der Waals surface area (Å²) >= 11 is 6.34. The van der Waals surface area contributed by atoms with E-state index in [0.717, 1.165) is 12.1 Å². The Morgan fingerprint density at radius 3 is 2.63 bits per heavy atom. The minimum absolute atomic E-state index is 0.0232. The first-order chi connectivity index (χ1) is 19.7. The molecular formula is C27H19ClF3N5O5. The Morgan fingerprint density at radius 2 is 1.95 bits per heavy atom. The predicted octanol–water partition coefficient (Wildman–Crippen LogP) is 5.33. The molecule has 0 saturated carbocycles. The Balaban J connectivity index is 1.64. The molecule has 3 aromatic heterocycles. The highest BCUT2D eigenvalue weighted by molar-refractivity contribution is 6.33. The van der Waals surface area contributed by atoms with Gasteiger partial charge < -0.3 is 19.1 Å². The number of methoxy groups -OCH3 is 1. The third-order valence-corrected chi connectivity index (χ3v) is 6.28. The van der Waals surface area contributed by atoms with Gasteiger partial charge in [-0.2, -0.15) is 0 Å². The summed E-state index contributed by atoms with van der Waals surface area (Å²) in [6.45, 7) is -0.773. The van der Waals surface area contributed by atoms with E-state index in [4.69, 9.17) is 20.9 Å². The van der Waals surface area contributed by atoms with E-state index in [1.54, 1.807) is 36.4 Å². The fraction of sp³-hybridized carbons (Fsp3) is 0.148. The molecule has 10 nitrogen and oxygen atoms in total. The number of hydrogen-bond acceptors (Lipinski definition) is 9. The van der Waals surface area contributed by atoms with Gasteiger partial charge in [0.25, 0.3) is 0 Å². The molecule has 0 aliphatic rings. The van der Waals surface area contributed by atoms with Crippen LogP contribution < -0.4 is 9.47 Å². The number of halogens is 4. The molecule has 1 N–H and O–H groups in total. The predicted molar refractivity (Wildman–Crippen MR) is 138 cm³/mol. The molecule has 0 atom stereocenters. The van der Waals surface area contributed by atoms with Crippen molar-refractivity contribution in [3.05, 3.63) is 94.5 Å². The number of alkyl halides is 3. The Labute approximate surface area is 234 Å². The fourth-order valence-corrected chi connectivity index (χ4v) is 4.44. The molecule has 0 aliphatic carbocycles. The van der Waals surface area contributed by atoms with Crippen LogP contribution in [0.2, 0.25) is 5.02 Å². The minimum atomic E-state index is -4.90. The van der Waals surface area contributed by atoms with Gasteiger partial charge >= 0.3 is 6.36 Å². The third-order valence-electron chi connectivity index (χ3n) is 5.95. The largest absolute Gasteiger partial charge is 0.573 e. The summed E-state index contributed by atoms with van der Waals surface area (Å²) in [7, 11) is 1.36. The second kappa shape index (κ2) is 11.4. The summed E-state index contributed by atoms with van der Waals surface area (Å²) < 4.78 is 54.7. The van der Waals surface area contributed by atoms with Crippen LogP contribution in [0.4, 0.5) is 13.2 Å². The van der Waals surface area contributed by atoms with Crippen LogP contribution in [0, 0.1) is 0 Å². The van der Waals surface area contributed by atoms with Gasteiger partial charge in [-0.3, -0.25) is 9.78 Å². The number of carbonyl (C=O) groups excluding carboxylic acids is 1. The molecular weight excluding hydrogens is 567 g/mol. The molecule has 0 amide bonds. The van der Waals surface area contributed by atoms with E-state index in [1.165, 1.54) is 30.3 Å². The number of aromatic nitrogens is 5. The number of hydrogen-bond donors (Lipinski definition) is 1. The van der Waals surface area contributed by atoms with Crippen LogP contribution in [-0.2, 0) is 13.2 Å². The molecule has 5 aromatic rings. The zero-order chi connectivity index (χ0) is 29.1. The molecule has 3 heterocycles. The number of ketones is 1. The van der Waals surface area contributed by atoms with Gasteiger partial charge in [0, 0.05) is 29.1 Å². The lowest BCUT2D eigenvalue weighted by atomic mass is 9.99. The van der Waals surface area contributed by atoms with Gasteiger partial charge in [-0.1, -0.05) is 34.1 Å². The SMILES string of the molecule is COc1ccc(OC(F)(F)F)cc1Cn1nnc(C(=O)c2c(CO)noc2-c2ccccc2Cl)c1-c1cccnc1. The van der Waals surface area contributed by atoms with Crippen molar-refractivity contribution in [3.63, 3.8) is 0 Å². The quantitative estimate of drug-likeness (QED) is 0.229. The minimum Gasteiger partial charge on any atom is -0.496 e. The van der Waals surface area contributed by atoms with Crippen molar-refractivity contribution in [2.24, 2.45) is 0 Å². The van der Waals surface area contributed by atoms with Gasteiger partial charge in [-0.05, 0) is 42.5 Å². The molecule has 0 aliphatic heterocycles. The van der Waals surface area contributed by atoms with E-state index < -0.39 is 24.5 Å². The zero-order valence-corrected chi connectivity index (χ0v) is 21.8. The van der Waals surface area contributed by atoms with Crippen LogP contribution in [0.3, 0.4) is 0 Å². The zero-order valence-electron chi connectivity index (χ0n) is 21.1. The molecule has 0 unspecified atom stereocenters. The summed E-state index contributed by atoms with van der Waals surface area (Å²) in [5.74, 6) is -0.872. The van der Waals surface area contributed by atoms with Gasteiger partial charge in [0.1, 0.15) is 22.9 Å². The van der Waals surface area contributed by atoms with Crippen molar-refractivity contribution in [2.45, 2.75) is 19.5 Å². The summed E-state index contributed by atoms with van der Waals surface area (Å²) in [6, 6.07) is 13.5. The Morgan fingerprint density at radius 1 is 1.15 bits per heavy atom. The van der Waals surface area contributed by atoms with Gasteiger partial charge in [0.2, 0.25) is 5.78 Å². The van der Waals surface area contributed by atoms with Crippen LogP contribution >= 0.6 is 11.6 Å². The van der Waals surface area contributed by atoms with Crippen LogP contribution in [0.5, 0.6) is 11.5 Å². The second-order valence-electron chi connectivity index (χ2n) is 8.51. The average molecular weight is 586 g/mol. The lowest BCUT2D eigenvalue weighted by Gasteiger charge is -2.14. The Hall–Kier alpha value is -4.75. The number of rotatable bonds is 9. The molecule has 0 fully saturated rings. The first-order valence-corrected chi connectivity index (χ1v) is 12.2. The van der Waals surface area contributed by atoms with Gasteiger partial charge in [0.05, 0.1) is 30.8 Å². The lowest BCUT2D eigenvalue weighted by Crippen LogP contribution is -2.17. The first kappa shape index (κ1) is 27.8. The molecule has 14 heteroatoms. The maximum absolute atomic E-state index is 14.0.